The number of carbonyl (C=O) groups is 1. The van der Waals surface area contributed by atoms with Gasteiger partial charge in [-0.1, -0.05) is 11.6 Å². The fourth-order valence-corrected chi connectivity index (χ4v) is 1.99. The van der Waals surface area contributed by atoms with Gasteiger partial charge < -0.3 is 24.8 Å². The van der Waals surface area contributed by atoms with E-state index >= 15 is 0 Å². The lowest BCUT2D eigenvalue weighted by atomic mass is 10.2. The molecule has 1 aromatic carbocycles. The molecule has 0 aliphatic rings. The predicted octanol–water partition coefficient (Wildman–Crippen LogP) is 1.21. The van der Waals surface area contributed by atoms with E-state index in [0.717, 1.165) is 5.56 Å². The summed E-state index contributed by atoms with van der Waals surface area (Å²) in [5, 5.41) is 6.10. The van der Waals surface area contributed by atoms with E-state index in [9.17, 15) is 4.79 Å². The third-order valence-electron chi connectivity index (χ3n) is 2.65. The molecular formula is C14H21ClN2O4. The van der Waals surface area contributed by atoms with Crippen LogP contribution in [-0.4, -0.2) is 46.9 Å². The molecule has 21 heavy (non-hydrogen) atoms. The second-order valence-electron chi connectivity index (χ2n) is 4.27. The van der Waals surface area contributed by atoms with E-state index in [1.54, 1.807) is 13.2 Å². The molecule has 0 saturated heterocycles. The van der Waals surface area contributed by atoms with Crippen molar-refractivity contribution in [2.75, 3.05) is 41.0 Å². The molecule has 0 radical (unpaired) electrons. The van der Waals surface area contributed by atoms with E-state index < -0.39 is 0 Å². The van der Waals surface area contributed by atoms with Gasteiger partial charge in [0.25, 0.3) is 5.91 Å². The van der Waals surface area contributed by atoms with Crippen LogP contribution in [0.2, 0.25) is 5.02 Å². The van der Waals surface area contributed by atoms with E-state index in [4.69, 9.17) is 25.8 Å². The van der Waals surface area contributed by atoms with Gasteiger partial charge in [-0.05, 0) is 24.7 Å². The zero-order valence-electron chi connectivity index (χ0n) is 12.5. The first kappa shape index (κ1) is 17.6. The number of halogens is 1. The first-order valence-electron chi connectivity index (χ1n) is 6.51. The van der Waals surface area contributed by atoms with Gasteiger partial charge in [-0.25, -0.2) is 0 Å². The molecular weight excluding hydrogens is 296 g/mol. The summed E-state index contributed by atoms with van der Waals surface area (Å²) in [7, 11) is 4.94. The summed E-state index contributed by atoms with van der Waals surface area (Å²) in [5.41, 5.74) is 0.969. The molecule has 0 spiro atoms. The summed E-state index contributed by atoms with van der Waals surface area (Å²) in [6.45, 7) is 1.41. The van der Waals surface area contributed by atoms with Crippen LogP contribution in [-0.2, 0) is 16.1 Å². The largest absolute Gasteiger partial charge is 0.493 e. The monoisotopic (exact) mass is 316 g/mol. The molecule has 118 valence electrons. The van der Waals surface area contributed by atoms with Crippen LogP contribution < -0.4 is 20.1 Å². The number of carbonyl (C=O) groups excluding carboxylic acids is 1. The molecule has 0 bridgehead atoms. The first-order chi connectivity index (χ1) is 10.1. The topological polar surface area (TPSA) is 68.8 Å². The van der Waals surface area contributed by atoms with Crippen molar-refractivity contribution in [3.8, 4) is 11.5 Å². The summed E-state index contributed by atoms with van der Waals surface area (Å²) in [6.07, 6.45) is 0. The molecule has 1 rings (SSSR count). The normalized spacial score (nSPS) is 10.3. The van der Waals surface area contributed by atoms with Crippen LogP contribution in [0.15, 0.2) is 12.1 Å². The highest BCUT2D eigenvalue weighted by Gasteiger charge is 2.13. The van der Waals surface area contributed by atoms with Crippen LogP contribution in [0.3, 0.4) is 0 Å². The van der Waals surface area contributed by atoms with E-state index in [0.29, 0.717) is 36.2 Å². The van der Waals surface area contributed by atoms with Crippen LogP contribution in [0.5, 0.6) is 11.5 Å². The van der Waals surface area contributed by atoms with Gasteiger partial charge in [0, 0.05) is 20.2 Å². The molecule has 0 heterocycles. The molecule has 1 aromatic rings. The highest BCUT2D eigenvalue weighted by Crippen LogP contribution is 2.36. The predicted molar refractivity (Wildman–Crippen MR) is 81.1 cm³/mol. The second-order valence-corrected chi connectivity index (χ2v) is 4.68. The second kappa shape index (κ2) is 9.44. The molecule has 0 aromatic heterocycles. The van der Waals surface area contributed by atoms with Crippen molar-refractivity contribution in [1.82, 2.24) is 10.6 Å². The third-order valence-corrected chi connectivity index (χ3v) is 2.93. The van der Waals surface area contributed by atoms with Crippen molar-refractivity contribution in [3.05, 3.63) is 22.7 Å². The lowest BCUT2D eigenvalue weighted by Crippen LogP contribution is -2.31. The standard InChI is InChI=1S/C14H21ClN2O4/c1-16-8-10-6-11(15)14(12(7-10)20-3)21-9-13(18)17-4-5-19-2/h6-7,16H,4-5,8-9H2,1-3H3,(H,17,18). The summed E-state index contributed by atoms with van der Waals surface area (Å²) < 4.78 is 15.6. The number of rotatable bonds is 9. The van der Waals surface area contributed by atoms with Crippen molar-refractivity contribution in [1.29, 1.82) is 0 Å². The minimum atomic E-state index is -0.246. The molecule has 0 saturated carbocycles. The zero-order valence-corrected chi connectivity index (χ0v) is 13.3. The van der Waals surface area contributed by atoms with Crippen molar-refractivity contribution in [2.45, 2.75) is 6.54 Å². The van der Waals surface area contributed by atoms with Crippen LogP contribution in [0.1, 0.15) is 5.56 Å². The Kier molecular flexibility index (Phi) is 7.89. The number of amides is 1. The lowest BCUT2D eigenvalue weighted by Gasteiger charge is -2.14. The third kappa shape index (κ3) is 5.79. The van der Waals surface area contributed by atoms with Gasteiger partial charge in [-0.15, -0.1) is 0 Å². The first-order valence-corrected chi connectivity index (χ1v) is 6.89. The van der Waals surface area contributed by atoms with Crippen LogP contribution in [0.4, 0.5) is 0 Å². The Bertz CT molecular complexity index is 469. The Morgan fingerprint density at radius 2 is 2.10 bits per heavy atom. The van der Waals surface area contributed by atoms with Crippen LogP contribution in [0.25, 0.3) is 0 Å². The number of nitrogens with one attached hydrogen (secondary N) is 2. The molecule has 0 aliphatic heterocycles. The Labute approximate surface area is 129 Å². The minimum absolute atomic E-state index is 0.134. The fourth-order valence-electron chi connectivity index (χ4n) is 1.70. The van der Waals surface area contributed by atoms with E-state index in [-0.39, 0.29) is 12.5 Å². The maximum absolute atomic E-state index is 11.6. The summed E-state index contributed by atoms with van der Waals surface area (Å²) in [5.74, 6) is 0.614. The van der Waals surface area contributed by atoms with Crippen molar-refractivity contribution in [3.63, 3.8) is 0 Å². The quantitative estimate of drug-likeness (QED) is 0.670. The molecule has 7 heteroatoms. The van der Waals surface area contributed by atoms with Gasteiger partial charge in [0.2, 0.25) is 0 Å². The Morgan fingerprint density at radius 1 is 1.33 bits per heavy atom. The summed E-state index contributed by atoms with van der Waals surface area (Å²) in [6, 6.07) is 3.60. The number of methoxy groups -OCH3 is 2. The Hall–Kier alpha value is -1.50. The highest BCUT2D eigenvalue weighted by atomic mass is 35.5. The average molecular weight is 317 g/mol. The van der Waals surface area contributed by atoms with Gasteiger partial charge in [0.15, 0.2) is 18.1 Å². The Morgan fingerprint density at radius 3 is 2.71 bits per heavy atom. The van der Waals surface area contributed by atoms with Gasteiger partial charge in [-0.3, -0.25) is 4.79 Å². The van der Waals surface area contributed by atoms with Gasteiger partial charge in [0.1, 0.15) is 0 Å². The van der Waals surface area contributed by atoms with Gasteiger partial charge in [-0.2, -0.15) is 0 Å². The van der Waals surface area contributed by atoms with Crippen molar-refractivity contribution in [2.24, 2.45) is 0 Å². The van der Waals surface area contributed by atoms with Gasteiger partial charge in [0.05, 0.1) is 18.7 Å². The van der Waals surface area contributed by atoms with E-state index in [1.807, 2.05) is 13.1 Å². The number of ether oxygens (including phenoxy) is 3. The lowest BCUT2D eigenvalue weighted by molar-refractivity contribution is -0.123. The number of benzene rings is 1. The Balaban J connectivity index is 2.67. The fraction of sp³-hybridized carbons (Fsp3) is 0.500. The maximum Gasteiger partial charge on any atom is 0.258 e. The molecule has 0 unspecified atom stereocenters. The van der Waals surface area contributed by atoms with Crippen LogP contribution in [0, 0.1) is 0 Å². The summed E-state index contributed by atoms with van der Waals surface area (Å²) >= 11 is 6.17. The molecule has 2 N–H and O–H groups in total. The maximum atomic E-state index is 11.6. The number of hydrogen-bond acceptors (Lipinski definition) is 5. The molecule has 6 nitrogen and oxygen atoms in total. The van der Waals surface area contributed by atoms with Crippen LogP contribution >= 0.6 is 11.6 Å². The highest BCUT2D eigenvalue weighted by molar-refractivity contribution is 6.32. The average Bonchev–Trinajstić information content (AvgIpc) is 2.46. The molecule has 1 amide bonds. The molecule has 0 fully saturated rings. The SMILES string of the molecule is CNCc1cc(Cl)c(OCC(=O)NCCOC)c(OC)c1. The van der Waals surface area contributed by atoms with Gasteiger partial charge >= 0.3 is 0 Å². The van der Waals surface area contributed by atoms with Crippen molar-refractivity contribution >= 4 is 17.5 Å². The van der Waals surface area contributed by atoms with E-state index in [1.165, 1.54) is 7.11 Å². The van der Waals surface area contributed by atoms with E-state index in [2.05, 4.69) is 10.6 Å². The minimum Gasteiger partial charge on any atom is -0.493 e. The van der Waals surface area contributed by atoms with Crippen molar-refractivity contribution < 1.29 is 19.0 Å². The zero-order chi connectivity index (χ0) is 15.7. The summed E-state index contributed by atoms with van der Waals surface area (Å²) in [4.78, 5) is 11.6. The number of hydrogen-bond donors (Lipinski definition) is 2. The smallest absolute Gasteiger partial charge is 0.258 e. The molecule has 0 aliphatic carbocycles. The molecule has 0 atom stereocenters.